The van der Waals surface area contributed by atoms with Crippen LogP contribution in [0.25, 0.3) is 0 Å². The second kappa shape index (κ2) is 7.69. The van der Waals surface area contributed by atoms with Crippen molar-refractivity contribution in [3.05, 3.63) is 55.0 Å². The summed E-state index contributed by atoms with van der Waals surface area (Å²) in [6, 6.07) is 4.91. The highest BCUT2D eigenvalue weighted by molar-refractivity contribution is 7.14. The third-order valence-electron chi connectivity index (χ3n) is 4.44. The molecule has 9 heteroatoms. The number of carbonyl (C=O) groups is 2. The second-order valence-electron chi connectivity index (χ2n) is 6.08. The van der Waals surface area contributed by atoms with Crippen LogP contribution in [0.15, 0.2) is 34.0 Å². The summed E-state index contributed by atoms with van der Waals surface area (Å²) < 4.78 is 1.32. The Kier molecular flexibility index (Phi) is 5.36. The number of hydrogen-bond acceptors (Lipinski definition) is 5. The predicted octanol–water partition coefficient (Wildman–Crippen LogP) is 0.712. The molecule has 1 saturated heterocycles. The molecule has 8 nitrogen and oxygen atoms in total. The molecule has 2 aromatic rings. The average molecular weight is 376 g/mol. The van der Waals surface area contributed by atoms with Crippen molar-refractivity contribution in [2.45, 2.75) is 31.8 Å². The molecule has 1 atom stereocenters. The van der Waals surface area contributed by atoms with Gasteiger partial charge in [-0.1, -0.05) is 0 Å². The number of H-pyrrole nitrogens is 1. The molecule has 1 aliphatic heterocycles. The van der Waals surface area contributed by atoms with E-state index in [-0.39, 0.29) is 30.8 Å². The maximum atomic E-state index is 12.6. The monoisotopic (exact) mass is 376 g/mol. The Balaban J connectivity index is 1.68. The number of likely N-dealkylation sites (tertiary alicyclic amines) is 1. The summed E-state index contributed by atoms with van der Waals surface area (Å²) in [7, 11) is 1.59. The summed E-state index contributed by atoms with van der Waals surface area (Å²) in [5, 5.41) is 2.60. The van der Waals surface area contributed by atoms with Gasteiger partial charge in [0.25, 0.3) is 11.5 Å². The number of nitrogens with one attached hydrogen (secondary N) is 2. The maximum Gasteiger partial charge on any atom is 0.328 e. The number of aromatic amines is 1. The lowest BCUT2D eigenvalue weighted by molar-refractivity contribution is -0.132. The SMILES string of the molecule is CNC(=O)c1ccc(C2CCCN2C(=O)CCn2ccc(=O)[nH]c2=O)s1. The Morgan fingerprint density at radius 2 is 2.12 bits per heavy atom. The first kappa shape index (κ1) is 18.1. The molecule has 0 aliphatic carbocycles. The van der Waals surface area contributed by atoms with Gasteiger partial charge in [-0.05, 0) is 25.0 Å². The smallest absolute Gasteiger partial charge is 0.328 e. The van der Waals surface area contributed by atoms with E-state index in [0.717, 1.165) is 17.7 Å². The second-order valence-corrected chi connectivity index (χ2v) is 7.20. The summed E-state index contributed by atoms with van der Waals surface area (Å²) in [5.41, 5.74) is -0.974. The Morgan fingerprint density at radius 3 is 2.85 bits per heavy atom. The molecule has 1 aliphatic rings. The number of nitrogens with zero attached hydrogens (tertiary/aromatic N) is 2. The third kappa shape index (κ3) is 3.77. The van der Waals surface area contributed by atoms with Crippen molar-refractivity contribution >= 4 is 23.2 Å². The molecule has 26 heavy (non-hydrogen) atoms. The highest BCUT2D eigenvalue weighted by Crippen LogP contribution is 2.36. The van der Waals surface area contributed by atoms with Crippen molar-refractivity contribution < 1.29 is 9.59 Å². The number of hydrogen-bond donors (Lipinski definition) is 2. The van der Waals surface area contributed by atoms with Crippen LogP contribution in [0.1, 0.15) is 39.9 Å². The van der Waals surface area contributed by atoms with Crippen LogP contribution in [-0.4, -0.2) is 39.9 Å². The van der Waals surface area contributed by atoms with Gasteiger partial charge in [-0.15, -0.1) is 11.3 Å². The molecule has 0 saturated carbocycles. The molecule has 1 fully saturated rings. The van der Waals surface area contributed by atoms with E-state index in [4.69, 9.17) is 0 Å². The highest BCUT2D eigenvalue weighted by atomic mass is 32.1. The van der Waals surface area contributed by atoms with E-state index < -0.39 is 11.2 Å². The van der Waals surface area contributed by atoms with Gasteiger partial charge >= 0.3 is 5.69 Å². The molecule has 138 valence electrons. The maximum absolute atomic E-state index is 12.6. The van der Waals surface area contributed by atoms with Crippen LogP contribution in [-0.2, 0) is 11.3 Å². The van der Waals surface area contributed by atoms with E-state index in [0.29, 0.717) is 11.4 Å². The van der Waals surface area contributed by atoms with Crippen LogP contribution in [0.2, 0.25) is 0 Å². The van der Waals surface area contributed by atoms with E-state index in [1.807, 2.05) is 11.0 Å². The predicted molar refractivity (Wildman–Crippen MR) is 97.3 cm³/mol. The molecule has 0 radical (unpaired) electrons. The molecule has 2 N–H and O–H groups in total. The molecule has 0 spiro atoms. The summed E-state index contributed by atoms with van der Waals surface area (Å²) >= 11 is 1.40. The zero-order chi connectivity index (χ0) is 18.7. The average Bonchev–Trinajstić information content (AvgIpc) is 3.29. The fraction of sp³-hybridized carbons (Fsp3) is 0.412. The van der Waals surface area contributed by atoms with Gasteiger partial charge in [0.1, 0.15) is 0 Å². The Morgan fingerprint density at radius 1 is 1.31 bits per heavy atom. The van der Waals surface area contributed by atoms with E-state index in [2.05, 4.69) is 10.3 Å². The van der Waals surface area contributed by atoms with Crippen LogP contribution < -0.4 is 16.6 Å². The lowest BCUT2D eigenvalue weighted by Gasteiger charge is -2.24. The minimum absolute atomic E-state index is 0.0294. The number of amides is 2. The van der Waals surface area contributed by atoms with Crippen LogP contribution in [0, 0.1) is 0 Å². The van der Waals surface area contributed by atoms with Gasteiger partial charge in [0.2, 0.25) is 5.91 Å². The lowest BCUT2D eigenvalue weighted by atomic mass is 10.2. The van der Waals surface area contributed by atoms with Gasteiger partial charge in [-0.3, -0.25) is 19.4 Å². The summed E-state index contributed by atoms with van der Waals surface area (Å²) in [4.78, 5) is 52.8. The van der Waals surface area contributed by atoms with Crippen molar-refractivity contribution in [1.29, 1.82) is 0 Å². The topological polar surface area (TPSA) is 104 Å². The van der Waals surface area contributed by atoms with Crippen LogP contribution >= 0.6 is 11.3 Å². The first-order chi connectivity index (χ1) is 12.5. The van der Waals surface area contributed by atoms with Gasteiger partial charge in [-0.2, -0.15) is 0 Å². The van der Waals surface area contributed by atoms with Crippen LogP contribution in [0.5, 0.6) is 0 Å². The van der Waals surface area contributed by atoms with Crippen LogP contribution in [0.3, 0.4) is 0 Å². The fourth-order valence-corrected chi connectivity index (χ4v) is 4.22. The van der Waals surface area contributed by atoms with Gasteiger partial charge in [0, 0.05) is 43.7 Å². The quantitative estimate of drug-likeness (QED) is 0.802. The molecule has 2 amide bonds. The summed E-state index contributed by atoms with van der Waals surface area (Å²) in [6.07, 6.45) is 3.33. The van der Waals surface area contributed by atoms with E-state index >= 15 is 0 Å². The van der Waals surface area contributed by atoms with Gasteiger partial charge in [0.15, 0.2) is 0 Å². The fourth-order valence-electron chi connectivity index (χ4n) is 3.12. The number of rotatable bonds is 5. The van der Waals surface area contributed by atoms with Gasteiger partial charge in [-0.25, -0.2) is 4.79 Å². The standard InChI is InChI=1S/C17H20N4O4S/c1-18-16(24)13-5-4-12(26-13)11-3-2-8-21(11)15(23)7-10-20-9-6-14(22)19-17(20)25/h4-6,9,11H,2-3,7-8,10H2,1H3,(H,18,24)(H,19,22,25). The molecule has 3 heterocycles. The summed E-state index contributed by atoms with van der Waals surface area (Å²) in [6.45, 7) is 0.878. The zero-order valence-electron chi connectivity index (χ0n) is 14.4. The first-order valence-corrected chi connectivity index (χ1v) is 9.22. The van der Waals surface area contributed by atoms with E-state index in [1.165, 1.54) is 28.2 Å². The number of thiophene rings is 1. The molecule has 3 rings (SSSR count). The Bertz CT molecular complexity index is 929. The molecule has 0 bridgehead atoms. The minimum atomic E-state index is -0.517. The lowest BCUT2D eigenvalue weighted by Crippen LogP contribution is -2.33. The van der Waals surface area contributed by atoms with Crippen molar-refractivity contribution in [1.82, 2.24) is 19.8 Å². The largest absolute Gasteiger partial charge is 0.354 e. The van der Waals surface area contributed by atoms with Crippen molar-refractivity contribution in [3.8, 4) is 0 Å². The molecule has 1 unspecified atom stereocenters. The zero-order valence-corrected chi connectivity index (χ0v) is 15.2. The summed E-state index contributed by atoms with van der Waals surface area (Å²) in [5.74, 6) is -0.171. The Hall–Kier alpha value is -2.68. The van der Waals surface area contributed by atoms with Crippen molar-refractivity contribution in [3.63, 3.8) is 0 Å². The number of carbonyl (C=O) groups excluding carboxylic acids is 2. The molecule has 2 aromatic heterocycles. The van der Waals surface area contributed by atoms with Gasteiger partial charge in [0.05, 0.1) is 10.9 Å². The van der Waals surface area contributed by atoms with Crippen LogP contribution in [0.4, 0.5) is 0 Å². The molecular weight excluding hydrogens is 356 g/mol. The molecule has 0 aromatic carbocycles. The highest BCUT2D eigenvalue weighted by Gasteiger charge is 2.31. The van der Waals surface area contributed by atoms with E-state index in [1.54, 1.807) is 13.1 Å². The third-order valence-corrected chi connectivity index (χ3v) is 5.63. The van der Waals surface area contributed by atoms with Gasteiger partial charge < -0.3 is 14.8 Å². The normalized spacial score (nSPS) is 16.7. The number of aromatic nitrogens is 2. The van der Waals surface area contributed by atoms with E-state index in [9.17, 15) is 19.2 Å². The number of aryl methyl sites for hydroxylation is 1. The molecular formula is C17H20N4O4S. The van der Waals surface area contributed by atoms with Crippen molar-refractivity contribution in [2.24, 2.45) is 0 Å². The first-order valence-electron chi connectivity index (χ1n) is 8.40. The van der Waals surface area contributed by atoms with Crippen molar-refractivity contribution in [2.75, 3.05) is 13.6 Å². The Labute approximate surface area is 153 Å². The minimum Gasteiger partial charge on any atom is -0.354 e.